The molecule has 1 amide bonds. The Hall–Kier alpha value is -4.62. The van der Waals surface area contributed by atoms with Crippen LogP contribution in [0.15, 0.2) is 103 Å². The van der Waals surface area contributed by atoms with E-state index in [2.05, 4.69) is 5.32 Å². The van der Waals surface area contributed by atoms with Crippen molar-refractivity contribution >= 4 is 40.6 Å². The van der Waals surface area contributed by atoms with Crippen molar-refractivity contribution in [3.05, 3.63) is 125 Å². The molecule has 1 atom stereocenters. The van der Waals surface area contributed by atoms with E-state index in [-0.39, 0.29) is 24.7 Å². The highest BCUT2D eigenvalue weighted by atomic mass is 35.5. The standard InChI is InChI=1S/C33H31ClN2O5/c1-2-31(37)36(26-12-8-11-25(34)22-26)19-20-41-27-17-15-23(16-18-27)21-30(33(39)40)35-29-14-7-6-13-28(29)32(38)24-9-4-3-5-10-24/h3-18,22,30,35H,2,19-21H2,1H3,(H,39,40)/t30-/m0/s1. The number of anilines is 2. The summed E-state index contributed by atoms with van der Waals surface area (Å²) in [5.74, 6) is -0.657. The molecule has 0 aromatic heterocycles. The van der Waals surface area contributed by atoms with Crippen LogP contribution in [-0.4, -0.2) is 42.0 Å². The number of carboxylic acid groups (broad SMARTS) is 1. The van der Waals surface area contributed by atoms with Crippen LogP contribution in [0.25, 0.3) is 0 Å². The molecule has 0 spiro atoms. The van der Waals surface area contributed by atoms with Gasteiger partial charge in [0.2, 0.25) is 5.91 Å². The predicted octanol–water partition coefficient (Wildman–Crippen LogP) is 6.50. The number of carboxylic acids is 1. The highest BCUT2D eigenvalue weighted by Crippen LogP contribution is 2.23. The Morgan fingerprint density at radius 2 is 1.61 bits per heavy atom. The summed E-state index contributed by atoms with van der Waals surface area (Å²) in [5, 5.41) is 13.5. The number of ether oxygens (including phenoxy) is 1. The minimum Gasteiger partial charge on any atom is -0.492 e. The zero-order chi connectivity index (χ0) is 29.2. The van der Waals surface area contributed by atoms with Gasteiger partial charge in [0.1, 0.15) is 18.4 Å². The number of ketones is 1. The fourth-order valence-corrected chi connectivity index (χ4v) is 4.57. The van der Waals surface area contributed by atoms with Gasteiger partial charge in [0.25, 0.3) is 0 Å². The van der Waals surface area contributed by atoms with Crippen molar-refractivity contribution in [2.75, 3.05) is 23.4 Å². The largest absolute Gasteiger partial charge is 0.492 e. The van der Waals surface area contributed by atoms with Crippen molar-refractivity contribution in [3.63, 3.8) is 0 Å². The molecule has 4 aromatic carbocycles. The van der Waals surface area contributed by atoms with Gasteiger partial charge in [-0.3, -0.25) is 9.59 Å². The van der Waals surface area contributed by atoms with E-state index in [0.717, 1.165) is 5.56 Å². The summed E-state index contributed by atoms with van der Waals surface area (Å²) in [6, 6.07) is 29.1. The molecule has 4 rings (SSSR count). The van der Waals surface area contributed by atoms with E-state index in [1.807, 2.05) is 12.1 Å². The number of carbonyl (C=O) groups excluding carboxylic acids is 2. The van der Waals surface area contributed by atoms with Crippen LogP contribution in [0, 0.1) is 0 Å². The second-order valence-electron chi connectivity index (χ2n) is 9.35. The topological polar surface area (TPSA) is 95.9 Å². The Labute approximate surface area is 244 Å². The van der Waals surface area contributed by atoms with Gasteiger partial charge in [-0.25, -0.2) is 4.79 Å². The maximum absolute atomic E-state index is 13.1. The number of halogens is 1. The van der Waals surface area contributed by atoms with E-state index in [1.165, 1.54) is 0 Å². The molecule has 0 saturated heterocycles. The molecule has 0 aliphatic heterocycles. The average molecular weight is 571 g/mol. The third-order valence-corrected chi connectivity index (χ3v) is 6.74. The molecule has 0 unspecified atom stereocenters. The molecule has 0 fully saturated rings. The molecular weight excluding hydrogens is 540 g/mol. The first kappa shape index (κ1) is 29.4. The van der Waals surface area contributed by atoms with Crippen LogP contribution in [0.2, 0.25) is 5.02 Å². The van der Waals surface area contributed by atoms with Crippen molar-refractivity contribution in [3.8, 4) is 5.75 Å². The Bertz CT molecular complexity index is 1490. The Morgan fingerprint density at radius 1 is 0.902 bits per heavy atom. The number of para-hydroxylation sites is 1. The number of aliphatic carboxylic acids is 1. The van der Waals surface area contributed by atoms with Gasteiger partial charge < -0.3 is 20.1 Å². The molecule has 210 valence electrons. The number of carbonyl (C=O) groups is 3. The number of nitrogens with zero attached hydrogens (tertiary/aromatic N) is 1. The zero-order valence-electron chi connectivity index (χ0n) is 22.6. The number of nitrogens with one attached hydrogen (secondary N) is 1. The van der Waals surface area contributed by atoms with E-state index < -0.39 is 12.0 Å². The maximum atomic E-state index is 13.1. The highest BCUT2D eigenvalue weighted by Gasteiger charge is 2.21. The lowest BCUT2D eigenvalue weighted by Gasteiger charge is -2.23. The molecule has 0 bridgehead atoms. The van der Waals surface area contributed by atoms with Gasteiger partial charge >= 0.3 is 5.97 Å². The third kappa shape index (κ3) is 7.96. The van der Waals surface area contributed by atoms with Gasteiger partial charge in [-0.15, -0.1) is 0 Å². The van der Waals surface area contributed by atoms with Crippen LogP contribution in [0.1, 0.15) is 34.8 Å². The number of rotatable bonds is 13. The van der Waals surface area contributed by atoms with Crippen molar-refractivity contribution in [2.45, 2.75) is 25.8 Å². The van der Waals surface area contributed by atoms with Crippen LogP contribution in [-0.2, 0) is 16.0 Å². The second-order valence-corrected chi connectivity index (χ2v) is 9.79. The maximum Gasteiger partial charge on any atom is 0.326 e. The van der Waals surface area contributed by atoms with E-state index >= 15 is 0 Å². The smallest absolute Gasteiger partial charge is 0.326 e. The average Bonchev–Trinajstić information content (AvgIpc) is 2.99. The summed E-state index contributed by atoms with van der Waals surface area (Å²) in [6.07, 6.45) is 0.544. The molecule has 0 aliphatic rings. The molecule has 8 heteroatoms. The quantitative estimate of drug-likeness (QED) is 0.178. The first-order valence-corrected chi connectivity index (χ1v) is 13.7. The van der Waals surface area contributed by atoms with Crippen molar-refractivity contribution in [1.29, 1.82) is 0 Å². The number of hydrogen-bond donors (Lipinski definition) is 2. The highest BCUT2D eigenvalue weighted by molar-refractivity contribution is 6.30. The molecule has 4 aromatic rings. The SMILES string of the molecule is CCC(=O)N(CCOc1ccc(C[C@H](Nc2ccccc2C(=O)c2ccccc2)C(=O)O)cc1)c1cccc(Cl)c1. The summed E-state index contributed by atoms with van der Waals surface area (Å²) in [4.78, 5) is 39.3. The fourth-order valence-electron chi connectivity index (χ4n) is 4.38. The Morgan fingerprint density at radius 3 is 2.29 bits per heavy atom. The van der Waals surface area contributed by atoms with Gasteiger partial charge in [0.15, 0.2) is 5.78 Å². The minimum absolute atomic E-state index is 0.0366. The Kier molecular flexibility index (Phi) is 10.1. The van der Waals surface area contributed by atoms with Gasteiger partial charge in [-0.2, -0.15) is 0 Å². The normalized spacial score (nSPS) is 11.4. The molecular formula is C33H31ClN2O5. The summed E-state index contributed by atoms with van der Waals surface area (Å²) < 4.78 is 5.87. The van der Waals surface area contributed by atoms with Gasteiger partial charge in [0.05, 0.1) is 6.54 Å². The predicted molar refractivity (Wildman–Crippen MR) is 161 cm³/mol. The number of hydrogen-bond acceptors (Lipinski definition) is 5. The van der Waals surface area contributed by atoms with Crippen molar-refractivity contribution in [1.82, 2.24) is 0 Å². The van der Waals surface area contributed by atoms with Crippen molar-refractivity contribution in [2.24, 2.45) is 0 Å². The molecule has 0 aliphatic carbocycles. The number of amides is 1. The summed E-state index contributed by atoms with van der Waals surface area (Å²) in [5.41, 5.74) is 2.88. The van der Waals surface area contributed by atoms with Crippen molar-refractivity contribution < 1.29 is 24.2 Å². The van der Waals surface area contributed by atoms with Gasteiger partial charge in [0, 0.05) is 40.4 Å². The van der Waals surface area contributed by atoms with E-state index in [4.69, 9.17) is 16.3 Å². The van der Waals surface area contributed by atoms with E-state index in [0.29, 0.717) is 46.2 Å². The number of benzene rings is 4. The summed E-state index contributed by atoms with van der Waals surface area (Å²) in [7, 11) is 0. The van der Waals surface area contributed by atoms with Crippen LogP contribution in [0.5, 0.6) is 5.75 Å². The minimum atomic E-state index is -1.03. The lowest BCUT2D eigenvalue weighted by Crippen LogP contribution is -2.34. The summed E-state index contributed by atoms with van der Waals surface area (Å²) in [6.45, 7) is 2.42. The van der Waals surface area contributed by atoms with Gasteiger partial charge in [-0.1, -0.05) is 79.2 Å². The lowest BCUT2D eigenvalue weighted by molar-refractivity contribution is -0.137. The molecule has 0 radical (unpaired) electrons. The molecule has 2 N–H and O–H groups in total. The van der Waals surface area contributed by atoms with Gasteiger partial charge in [-0.05, 0) is 48.0 Å². The lowest BCUT2D eigenvalue weighted by atomic mass is 10.00. The van der Waals surface area contributed by atoms with E-state index in [9.17, 15) is 19.5 Å². The van der Waals surface area contributed by atoms with Crippen LogP contribution in [0.4, 0.5) is 11.4 Å². The third-order valence-electron chi connectivity index (χ3n) is 6.51. The zero-order valence-corrected chi connectivity index (χ0v) is 23.4. The molecule has 0 saturated carbocycles. The second kappa shape index (κ2) is 14.1. The Balaban J connectivity index is 1.39. The molecule has 7 nitrogen and oxygen atoms in total. The fraction of sp³-hybridized carbons (Fsp3) is 0.182. The van der Waals surface area contributed by atoms with Crippen LogP contribution >= 0.6 is 11.6 Å². The van der Waals surface area contributed by atoms with E-state index in [1.54, 1.807) is 103 Å². The molecule has 41 heavy (non-hydrogen) atoms. The first-order chi connectivity index (χ1) is 19.9. The van der Waals surface area contributed by atoms with Crippen LogP contribution < -0.4 is 15.0 Å². The summed E-state index contributed by atoms with van der Waals surface area (Å²) >= 11 is 6.10. The molecule has 0 heterocycles. The monoisotopic (exact) mass is 570 g/mol. The van der Waals surface area contributed by atoms with Crippen LogP contribution in [0.3, 0.4) is 0 Å². The first-order valence-electron chi connectivity index (χ1n) is 13.3.